The molecule has 1 aliphatic rings. The van der Waals surface area contributed by atoms with Crippen molar-refractivity contribution in [2.75, 3.05) is 6.61 Å². The minimum Gasteiger partial charge on any atom is -0.481 e. The molecule has 3 aromatic carbocycles. The number of ether oxygens (including phenoxy) is 1. The van der Waals surface area contributed by atoms with Crippen LogP contribution in [-0.2, 0) is 20.5 Å². The molecule has 0 saturated carbocycles. The Balaban J connectivity index is 1.59. The number of carboxylic acid groups (broad SMARTS) is 1. The molecule has 0 amide bonds. The molecule has 0 unspecified atom stereocenters. The Morgan fingerprint density at radius 3 is 1.94 bits per heavy atom. The van der Waals surface area contributed by atoms with Gasteiger partial charge in [-0.2, -0.15) is 13.2 Å². The second-order valence-corrected chi connectivity index (χ2v) is 8.22. The number of fused-ring (bicyclic) bond motifs is 3. The van der Waals surface area contributed by atoms with E-state index in [1.807, 2.05) is 48.5 Å². The zero-order chi connectivity index (χ0) is 24.5. The van der Waals surface area contributed by atoms with Gasteiger partial charge in [0, 0.05) is 12.0 Å². The first-order valence-electron chi connectivity index (χ1n) is 10.7. The minimum absolute atomic E-state index is 0.0101. The van der Waals surface area contributed by atoms with Crippen LogP contribution in [0.25, 0.3) is 11.1 Å². The SMILES string of the molecule is N[C@@H](CC(=O)O)[C@H](C(=O)OCC1c2ccccc2-c2ccccc21)c1ccc(C(F)(F)F)cc1. The van der Waals surface area contributed by atoms with E-state index >= 15 is 0 Å². The molecule has 0 aliphatic heterocycles. The molecule has 0 bridgehead atoms. The summed E-state index contributed by atoms with van der Waals surface area (Å²) in [5.74, 6) is -3.46. The Hall–Kier alpha value is -3.65. The molecular formula is C26H22F3NO4. The van der Waals surface area contributed by atoms with Gasteiger partial charge >= 0.3 is 18.1 Å². The van der Waals surface area contributed by atoms with E-state index in [1.54, 1.807) is 0 Å². The second kappa shape index (κ2) is 9.30. The van der Waals surface area contributed by atoms with Gasteiger partial charge < -0.3 is 15.6 Å². The molecule has 0 fully saturated rings. The molecule has 176 valence electrons. The van der Waals surface area contributed by atoms with Crippen molar-refractivity contribution in [3.8, 4) is 11.1 Å². The van der Waals surface area contributed by atoms with Crippen molar-refractivity contribution in [3.05, 3.63) is 95.1 Å². The molecule has 2 atom stereocenters. The smallest absolute Gasteiger partial charge is 0.416 e. The molecule has 4 rings (SSSR count). The molecule has 1 aliphatic carbocycles. The lowest BCUT2D eigenvalue weighted by Crippen LogP contribution is -2.37. The third-order valence-corrected chi connectivity index (χ3v) is 6.04. The lowest BCUT2D eigenvalue weighted by atomic mass is 9.89. The number of carbonyl (C=O) groups excluding carboxylic acids is 1. The number of carboxylic acids is 1. The number of hydrogen-bond acceptors (Lipinski definition) is 4. The molecule has 3 N–H and O–H groups in total. The van der Waals surface area contributed by atoms with Crippen molar-refractivity contribution in [1.29, 1.82) is 0 Å². The standard InChI is InChI=1S/C26H22F3NO4/c27-26(28,29)16-11-9-15(10-12-16)24(22(30)13-23(31)32)25(33)34-14-21-19-7-3-1-5-17(19)18-6-2-4-8-20(18)21/h1-12,21-22,24H,13-14,30H2,(H,31,32)/t22-,24+/m0/s1. The number of hydrogen-bond donors (Lipinski definition) is 2. The fourth-order valence-electron chi connectivity index (χ4n) is 4.45. The highest BCUT2D eigenvalue weighted by molar-refractivity contribution is 5.82. The molecule has 3 aromatic rings. The van der Waals surface area contributed by atoms with Crippen molar-refractivity contribution in [1.82, 2.24) is 0 Å². The Bertz CT molecular complexity index is 1160. The summed E-state index contributed by atoms with van der Waals surface area (Å²) in [7, 11) is 0. The van der Waals surface area contributed by atoms with Gasteiger partial charge in [0.05, 0.1) is 17.9 Å². The van der Waals surface area contributed by atoms with E-state index in [-0.39, 0.29) is 18.1 Å². The average Bonchev–Trinajstić information content (AvgIpc) is 3.11. The normalized spacial score (nSPS) is 14.7. The summed E-state index contributed by atoms with van der Waals surface area (Å²) < 4.78 is 44.5. The topological polar surface area (TPSA) is 89.6 Å². The number of benzene rings is 3. The maximum Gasteiger partial charge on any atom is 0.416 e. The summed E-state index contributed by atoms with van der Waals surface area (Å²) >= 11 is 0. The fourth-order valence-corrected chi connectivity index (χ4v) is 4.45. The Labute approximate surface area is 194 Å². The van der Waals surface area contributed by atoms with Crippen LogP contribution in [0.15, 0.2) is 72.8 Å². The van der Waals surface area contributed by atoms with E-state index in [4.69, 9.17) is 15.6 Å². The lowest BCUT2D eigenvalue weighted by Gasteiger charge is -2.23. The highest BCUT2D eigenvalue weighted by Gasteiger charge is 2.35. The number of carbonyl (C=O) groups is 2. The quantitative estimate of drug-likeness (QED) is 0.478. The summed E-state index contributed by atoms with van der Waals surface area (Å²) in [5.41, 5.74) is 9.37. The van der Waals surface area contributed by atoms with E-state index in [9.17, 15) is 22.8 Å². The van der Waals surface area contributed by atoms with Crippen LogP contribution in [0.1, 0.15) is 40.5 Å². The van der Waals surface area contributed by atoms with Crippen LogP contribution in [-0.4, -0.2) is 29.7 Å². The van der Waals surface area contributed by atoms with E-state index in [0.717, 1.165) is 46.5 Å². The van der Waals surface area contributed by atoms with Gasteiger partial charge in [0.2, 0.25) is 0 Å². The highest BCUT2D eigenvalue weighted by atomic mass is 19.4. The zero-order valence-electron chi connectivity index (χ0n) is 18.0. The number of esters is 1. The molecule has 34 heavy (non-hydrogen) atoms. The highest BCUT2D eigenvalue weighted by Crippen LogP contribution is 2.44. The molecular weight excluding hydrogens is 447 g/mol. The summed E-state index contributed by atoms with van der Waals surface area (Å²) in [6.45, 7) is -0.0101. The Morgan fingerprint density at radius 2 is 1.44 bits per heavy atom. The third-order valence-electron chi connectivity index (χ3n) is 6.04. The predicted octanol–water partition coefficient (Wildman–Crippen LogP) is 4.95. The van der Waals surface area contributed by atoms with Crippen molar-refractivity contribution < 1.29 is 32.6 Å². The van der Waals surface area contributed by atoms with Crippen LogP contribution in [0.4, 0.5) is 13.2 Å². The summed E-state index contributed by atoms with van der Waals surface area (Å²) in [6.07, 6.45) is -5.09. The monoisotopic (exact) mass is 469 g/mol. The number of halogens is 3. The largest absolute Gasteiger partial charge is 0.481 e. The summed E-state index contributed by atoms with van der Waals surface area (Å²) in [4.78, 5) is 24.3. The van der Waals surface area contributed by atoms with Gasteiger partial charge in [-0.1, -0.05) is 60.7 Å². The molecule has 0 spiro atoms. The van der Waals surface area contributed by atoms with Crippen LogP contribution in [0.5, 0.6) is 0 Å². The molecule has 0 heterocycles. The molecule has 0 radical (unpaired) electrons. The van der Waals surface area contributed by atoms with Crippen LogP contribution in [0, 0.1) is 0 Å². The van der Waals surface area contributed by atoms with Crippen molar-refractivity contribution >= 4 is 11.9 Å². The zero-order valence-corrected chi connectivity index (χ0v) is 18.0. The summed E-state index contributed by atoms with van der Waals surface area (Å²) in [5, 5.41) is 9.15. The fraction of sp³-hybridized carbons (Fsp3) is 0.231. The summed E-state index contributed by atoms with van der Waals surface area (Å²) in [6, 6.07) is 18.3. The van der Waals surface area contributed by atoms with Gasteiger partial charge in [-0.25, -0.2) is 0 Å². The van der Waals surface area contributed by atoms with E-state index in [1.165, 1.54) is 0 Å². The predicted molar refractivity (Wildman–Crippen MR) is 119 cm³/mol. The molecule has 8 heteroatoms. The van der Waals surface area contributed by atoms with Crippen molar-refractivity contribution in [3.63, 3.8) is 0 Å². The lowest BCUT2D eigenvalue weighted by molar-refractivity contribution is -0.146. The first-order valence-corrected chi connectivity index (χ1v) is 10.7. The minimum atomic E-state index is -4.54. The number of alkyl halides is 3. The van der Waals surface area contributed by atoms with Crippen LogP contribution in [0.3, 0.4) is 0 Å². The van der Waals surface area contributed by atoms with Gasteiger partial charge in [0.1, 0.15) is 6.61 Å². The molecule has 0 saturated heterocycles. The van der Waals surface area contributed by atoms with Crippen LogP contribution >= 0.6 is 0 Å². The van der Waals surface area contributed by atoms with Gasteiger partial charge in [-0.15, -0.1) is 0 Å². The first-order chi connectivity index (χ1) is 16.2. The Morgan fingerprint density at radius 1 is 0.912 bits per heavy atom. The number of nitrogens with two attached hydrogens (primary N) is 1. The van der Waals surface area contributed by atoms with E-state index in [0.29, 0.717) is 0 Å². The van der Waals surface area contributed by atoms with Gasteiger partial charge in [-0.05, 0) is 39.9 Å². The van der Waals surface area contributed by atoms with Crippen LogP contribution in [0.2, 0.25) is 0 Å². The van der Waals surface area contributed by atoms with Gasteiger partial charge in [-0.3, -0.25) is 9.59 Å². The van der Waals surface area contributed by atoms with E-state index < -0.39 is 42.1 Å². The second-order valence-electron chi connectivity index (χ2n) is 8.22. The first kappa shape index (κ1) is 23.5. The van der Waals surface area contributed by atoms with Crippen molar-refractivity contribution in [2.24, 2.45) is 5.73 Å². The molecule has 0 aromatic heterocycles. The molecule has 5 nitrogen and oxygen atoms in total. The van der Waals surface area contributed by atoms with E-state index in [2.05, 4.69) is 0 Å². The van der Waals surface area contributed by atoms with Crippen LogP contribution < -0.4 is 5.73 Å². The Kier molecular flexibility index (Phi) is 6.43. The third kappa shape index (κ3) is 4.68. The van der Waals surface area contributed by atoms with Gasteiger partial charge in [0.25, 0.3) is 0 Å². The maximum absolute atomic E-state index is 13.1. The van der Waals surface area contributed by atoms with Gasteiger partial charge in [0.15, 0.2) is 0 Å². The maximum atomic E-state index is 13.1. The number of aliphatic carboxylic acids is 1. The average molecular weight is 469 g/mol. The van der Waals surface area contributed by atoms with Crippen molar-refractivity contribution in [2.45, 2.75) is 30.5 Å². The number of rotatable bonds is 7.